The predicted molar refractivity (Wildman–Crippen MR) is 79.8 cm³/mol. The maximum absolute atomic E-state index is 10.2. The van der Waals surface area contributed by atoms with Crippen molar-refractivity contribution in [1.29, 1.82) is 0 Å². The average Bonchev–Trinajstić information content (AvgIpc) is 2.87. The molecule has 3 rings (SSSR count). The maximum atomic E-state index is 10.2. The fourth-order valence-electron chi connectivity index (χ4n) is 2.79. The Hall–Kier alpha value is -1.81. The summed E-state index contributed by atoms with van der Waals surface area (Å²) >= 11 is 0. The third-order valence-electron chi connectivity index (χ3n) is 3.81. The SMILES string of the molecule is C[C@@]1(O)CCCN(c2ccn(Cc3ccccc3)n2)C1. The summed E-state index contributed by atoms with van der Waals surface area (Å²) in [5, 5.41) is 14.8. The van der Waals surface area contributed by atoms with Crippen molar-refractivity contribution in [3.8, 4) is 0 Å². The average molecular weight is 271 g/mol. The minimum absolute atomic E-state index is 0.596. The van der Waals surface area contributed by atoms with E-state index < -0.39 is 5.60 Å². The van der Waals surface area contributed by atoms with Gasteiger partial charge < -0.3 is 10.0 Å². The molecule has 1 aromatic carbocycles. The first kappa shape index (κ1) is 13.2. The van der Waals surface area contributed by atoms with Gasteiger partial charge in [0.05, 0.1) is 12.1 Å². The lowest BCUT2D eigenvalue weighted by molar-refractivity contribution is 0.0447. The van der Waals surface area contributed by atoms with Gasteiger partial charge in [-0.2, -0.15) is 5.10 Å². The van der Waals surface area contributed by atoms with Crippen LogP contribution in [0.15, 0.2) is 42.6 Å². The molecule has 0 unspecified atom stereocenters. The van der Waals surface area contributed by atoms with Gasteiger partial charge in [-0.15, -0.1) is 0 Å². The van der Waals surface area contributed by atoms with E-state index in [1.54, 1.807) is 0 Å². The zero-order chi connectivity index (χ0) is 14.0. The Balaban J connectivity index is 1.70. The minimum Gasteiger partial charge on any atom is -0.388 e. The van der Waals surface area contributed by atoms with E-state index >= 15 is 0 Å². The fourth-order valence-corrected chi connectivity index (χ4v) is 2.79. The van der Waals surface area contributed by atoms with Crippen molar-refractivity contribution >= 4 is 5.82 Å². The molecule has 4 nitrogen and oxygen atoms in total. The van der Waals surface area contributed by atoms with Crippen LogP contribution in [0.5, 0.6) is 0 Å². The second-order valence-electron chi connectivity index (χ2n) is 5.88. The van der Waals surface area contributed by atoms with Gasteiger partial charge in [-0.1, -0.05) is 30.3 Å². The monoisotopic (exact) mass is 271 g/mol. The maximum Gasteiger partial charge on any atom is 0.150 e. The van der Waals surface area contributed by atoms with Gasteiger partial charge in [0.2, 0.25) is 0 Å². The Morgan fingerprint density at radius 2 is 2.05 bits per heavy atom. The number of anilines is 1. The van der Waals surface area contributed by atoms with Gasteiger partial charge in [0.1, 0.15) is 0 Å². The summed E-state index contributed by atoms with van der Waals surface area (Å²) < 4.78 is 1.95. The van der Waals surface area contributed by atoms with Gasteiger partial charge in [-0.25, -0.2) is 0 Å². The van der Waals surface area contributed by atoms with Gasteiger partial charge in [-0.05, 0) is 25.3 Å². The van der Waals surface area contributed by atoms with Crippen LogP contribution in [0.3, 0.4) is 0 Å². The number of nitrogens with zero attached hydrogens (tertiary/aromatic N) is 3. The number of hydrogen-bond acceptors (Lipinski definition) is 3. The predicted octanol–water partition coefficient (Wildman–Crippen LogP) is 2.28. The number of benzene rings is 1. The number of hydrogen-bond donors (Lipinski definition) is 1. The van der Waals surface area contributed by atoms with E-state index in [0.29, 0.717) is 6.54 Å². The van der Waals surface area contributed by atoms with E-state index in [1.165, 1.54) is 5.56 Å². The van der Waals surface area contributed by atoms with Crippen molar-refractivity contribution in [3.63, 3.8) is 0 Å². The topological polar surface area (TPSA) is 41.3 Å². The van der Waals surface area contributed by atoms with E-state index in [-0.39, 0.29) is 0 Å². The lowest BCUT2D eigenvalue weighted by Gasteiger charge is -2.36. The number of aromatic nitrogens is 2. The summed E-state index contributed by atoms with van der Waals surface area (Å²) in [6.45, 7) is 4.32. The molecule has 0 saturated carbocycles. The molecule has 0 amide bonds. The van der Waals surface area contributed by atoms with E-state index in [4.69, 9.17) is 0 Å². The van der Waals surface area contributed by atoms with Crippen molar-refractivity contribution in [2.75, 3.05) is 18.0 Å². The van der Waals surface area contributed by atoms with E-state index in [2.05, 4.69) is 22.1 Å². The van der Waals surface area contributed by atoms with Crippen molar-refractivity contribution in [3.05, 3.63) is 48.2 Å². The Morgan fingerprint density at radius 3 is 2.80 bits per heavy atom. The van der Waals surface area contributed by atoms with Crippen LogP contribution >= 0.6 is 0 Å². The molecule has 1 aliphatic heterocycles. The highest BCUT2D eigenvalue weighted by Gasteiger charge is 2.29. The molecule has 1 aliphatic rings. The van der Waals surface area contributed by atoms with Crippen LogP contribution in [0.1, 0.15) is 25.3 Å². The Labute approximate surface area is 119 Å². The molecule has 1 saturated heterocycles. The minimum atomic E-state index is -0.596. The third-order valence-corrected chi connectivity index (χ3v) is 3.81. The van der Waals surface area contributed by atoms with Crippen LogP contribution in [0, 0.1) is 0 Å². The van der Waals surface area contributed by atoms with E-state index in [1.807, 2.05) is 42.1 Å². The van der Waals surface area contributed by atoms with Crippen molar-refractivity contribution < 1.29 is 5.11 Å². The molecule has 0 spiro atoms. The van der Waals surface area contributed by atoms with E-state index in [0.717, 1.165) is 31.7 Å². The number of rotatable bonds is 3. The van der Waals surface area contributed by atoms with Crippen molar-refractivity contribution in [2.24, 2.45) is 0 Å². The number of aliphatic hydroxyl groups is 1. The Bertz CT molecular complexity index is 562. The molecule has 20 heavy (non-hydrogen) atoms. The van der Waals surface area contributed by atoms with Gasteiger partial charge >= 0.3 is 0 Å². The van der Waals surface area contributed by atoms with Crippen LogP contribution in [0.25, 0.3) is 0 Å². The molecular formula is C16H21N3O. The summed E-state index contributed by atoms with van der Waals surface area (Å²) in [5.41, 5.74) is 0.648. The van der Waals surface area contributed by atoms with Crippen LogP contribution in [-0.4, -0.2) is 33.6 Å². The second-order valence-corrected chi connectivity index (χ2v) is 5.88. The molecule has 0 aliphatic carbocycles. The molecule has 1 aromatic heterocycles. The largest absolute Gasteiger partial charge is 0.388 e. The number of piperidine rings is 1. The number of β-amino-alcohol motifs (C(OH)–C–C–N with tert-alkyl or cyclic N) is 1. The van der Waals surface area contributed by atoms with Gasteiger partial charge in [0.25, 0.3) is 0 Å². The molecule has 1 fully saturated rings. The highest BCUT2D eigenvalue weighted by atomic mass is 16.3. The molecular weight excluding hydrogens is 250 g/mol. The quantitative estimate of drug-likeness (QED) is 0.931. The summed E-state index contributed by atoms with van der Waals surface area (Å²) in [6.07, 6.45) is 3.89. The van der Waals surface area contributed by atoms with Gasteiger partial charge in [0.15, 0.2) is 5.82 Å². The highest BCUT2D eigenvalue weighted by Crippen LogP contribution is 2.24. The normalized spacial score (nSPS) is 23.0. The Morgan fingerprint density at radius 1 is 1.25 bits per heavy atom. The second kappa shape index (κ2) is 5.29. The van der Waals surface area contributed by atoms with Crippen molar-refractivity contribution in [2.45, 2.75) is 31.9 Å². The zero-order valence-electron chi connectivity index (χ0n) is 11.9. The standard InChI is InChI=1S/C16H21N3O/c1-16(20)9-5-10-18(13-16)15-8-11-19(17-15)12-14-6-3-2-4-7-14/h2-4,6-8,11,20H,5,9-10,12-13H2,1H3/t16-/m1/s1. The molecule has 1 atom stereocenters. The van der Waals surface area contributed by atoms with Crippen LogP contribution in [-0.2, 0) is 6.54 Å². The van der Waals surface area contributed by atoms with E-state index in [9.17, 15) is 5.11 Å². The van der Waals surface area contributed by atoms with Gasteiger partial charge in [0, 0.05) is 25.4 Å². The van der Waals surface area contributed by atoms with Gasteiger partial charge in [-0.3, -0.25) is 4.68 Å². The first-order valence-electron chi connectivity index (χ1n) is 7.17. The highest BCUT2D eigenvalue weighted by molar-refractivity contribution is 5.38. The lowest BCUT2D eigenvalue weighted by Crippen LogP contribution is -2.46. The molecule has 2 aromatic rings. The van der Waals surface area contributed by atoms with Crippen LogP contribution in [0.4, 0.5) is 5.82 Å². The van der Waals surface area contributed by atoms with Crippen LogP contribution < -0.4 is 4.90 Å². The molecule has 106 valence electrons. The lowest BCUT2D eigenvalue weighted by atomic mass is 9.95. The first-order valence-corrected chi connectivity index (χ1v) is 7.17. The molecule has 1 N–H and O–H groups in total. The summed E-state index contributed by atoms with van der Waals surface area (Å²) in [6, 6.07) is 12.3. The van der Waals surface area contributed by atoms with Crippen LogP contribution in [0.2, 0.25) is 0 Å². The molecule has 4 heteroatoms. The molecule has 0 bridgehead atoms. The Kier molecular flexibility index (Phi) is 3.49. The fraction of sp³-hybridized carbons (Fsp3) is 0.438. The summed E-state index contributed by atoms with van der Waals surface area (Å²) in [7, 11) is 0. The zero-order valence-corrected chi connectivity index (χ0v) is 11.9. The smallest absolute Gasteiger partial charge is 0.150 e. The molecule has 2 heterocycles. The summed E-state index contributed by atoms with van der Waals surface area (Å²) in [5.74, 6) is 0.959. The molecule has 0 radical (unpaired) electrons. The first-order chi connectivity index (χ1) is 9.62. The third kappa shape index (κ3) is 3.02. The van der Waals surface area contributed by atoms with Crippen molar-refractivity contribution in [1.82, 2.24) is 9.78 Å². The summed E-state index contributed by atoms with van der Waals surface area (Å²) in [4.78, 5) is 2.17.